The van der Waals surface area contributed by atoms with Gasteiger partial charge in [-0.3, -0.25) is 4.99 Å². The van der Waals surface area contributed by atoms with Gasteiger partial charge in [0.15, 0.2) is 5.96 Å². The first-order valence-corrected chi connectivity index (χ1v) is 9.08. The first-order valence-electron chi connectivity index (χ1n) is 7.64. The molecule has 0 saturated carbocycles. The summed E-state index contributed by atoms with van der Waals surface area (Å²) in [5, 5.41) is 6.22. The molecule has 1 fully saturated rings. The Bertz CT molecular complexity index is 523. The zero-order valence-corrected chi connectivity index (χ0v) is 17.6. The number of hydrogen-bond donors (Lipinski definition) is 2. The monoisotopic (exact) mass is 502 g/mol. The summed E-state index contributed by atoms with van der Waals surface area (Å²) in [7, 11) is -2.01. The zero-order chi connectivity index (χ0) is 18.4. The van der Waals surface area contributed by atoms with E-state index in [9.17, 15) is 21.6 Å². The Labute approximate surface area is 163 Å². The van der Waals surface area contributed by atoms with E-state index in [1.54, 1.807) is 14.2 Å². The molecule has 0 aromatic carbocycles. The lowest BCUT2D eigenvalue weighted by Crippen LogP contribution is -2.48. The second-order valence-electron chi connectivity index (χ2n) is 5.75. The van der Waals surface area contributed by atoms with Gasteiger partial charge in [-0.2, -0.15) is 17.5 Å². The lowest BCUT2D eigenvalue weighted by atomic mass is 9.98. The van der Waals surface area contributed by atoms with E-state index < -0.39 is 15.5 Å². The maximum Gasteiger partial charge on any atom is 0.511 e. The topological polar surface area (TPSA) is 83.0 Å². The van der Waals surface area contributed by atoms with E-state index in [-0.39, 0.29) is 49.0 Å². The number of guanidine groups is 1. The fraction of sp³-hybridized carbons (Fsp3) is 0.923. The summed E-state index contributed by atoms with van der Waals surface area (Å²) >= 11 is 0. The molecular weight excluding hydrogens is 476 g/mol. The molecule has 1 rings (SSSR count). The largest absolute Gasteiger partial charge is 0.511 e. The van der Waals surface area contributed by atoms with Gasteiger partial charge in [-0.05, 0) is 25.7 Å². The zero-order valence-electron chi connectivity index (χ0n) is 14.5. The van der Waals surface area contributed by atoms with Crippen LogP contribution in [-0.4, -0.2) is 70.6 Å². The average molecular weight is 502 g/mol. The summed E-state index contributed by atoms with van der Waals surface area (Å²) in [5.74, 6) is 0.658. The number of piperidine rings is 1. The molecule has 1 aliphatic heterocycles. The van der Waals surface area contributed by atoms with Crippen LogP contribution < -0.4 is 10.6 Å². The molecule has 12 heteroatoms. The molecule has 0 spiro atoms. The SMILES string of the molecule is CN=C(NCC1CCN(S(=O)(=O)C(F)(F)F)CC1)NC(C)COC.I. The molecule has 1 unspecified atom stereocenters. The molecule has 0 amide bonds. The molecule has 0 bridgehead atoms. The van der Waals surface area contributed by atoms with Gasteiger partial charge in [0.25, 0.3) is 0 Å². The molecule has 1 heterocycles. The lowest BCUT2D eigenvalue weighted by Gasteiger charge is -2.32. The summed E-state index contributed by atoms with van der Waals surface area (Å²) in [5.41, 5.74) is -5.23. The first-order chi connectivity index (χ1) is 11.1. The molecule has 7 nitrogen and oxygen atoms in total. The number of nitrogens with one attached hydrogen (secondary N) is 2. The smallest absolute Gasteiger partial charge is 0.383 e. The third-order valence-corrected chi connectivity index (χ3v) is 5.42. The van der Waals surface area contributed by atoms with Crippen LogP contribution in [0.2, 0.25) is 0 Å². The molecule has 0 aliphatic carbocycles. The van der Waals surface area contributed by atoms with Gasteiger partial charge in [0.05, 0.1) is 6.61 Å². The molecule has 1 atom stereocenters. The van der Waals surface area contributed by atoms with Gasteiger partial charge in [-0.1, -0.05) is 0 Å². The van der Waals surface area contributed by atoms with Gasteiger partial charge in [-0.25, -0.2) is 8.42 Å². The maximum atomic E-state index is 12.5. The highest BCUT2D eigenvalue weighted by Crippen LogP contribution is 2.30. The second-order valence-corrected chi connectivity index (χ2v) is 7.68. The fourth-order valence-corrected chi connectivity index (χ4v) is 3.45. The van der Waals surface area contributed by atoms with Gasteiger partial charge in [0.1, 0.15) is 0 Å². The van der Waals surface area contributed by atoms with Crippen LogP contribution in [0.5, 0.6) is 0 Å². The maximum absolute atomic E-state index is 12.5. The number of methoxy groups -OCH3 is 1. The standard InChI is InChI=1S/C13H25F3N4O3S.HI/c1-10(9-23-3)19-12(17-2)18-8-11-4-6-20(7-5-11)24(21,22)13(14,15)16;/h10-11H,4-9H2,1-3H3,(H2,17,18,19);1H. The van der Waals surface area contributed by atoms with Gasteiger partial charge < -0.3 is 15.4 Å². The fourth-order valence-electron chi connectivity index (χ4n) is 2.46. The van der Waals surface area contributed by atoms with Crippen molar-refractivity contribution in [2.24, 2.45) is 10.9 Å². The Kier molecular flexibility index (Phi) is 10.6. The van der Waals surface area contributed by atoms with Crippen molar-refractivity contribution in [1.29, 1.82) is 0 Å². The van der Waals surface area contributed by atoms with E-state index in [2.05, 4.69) is 15.6 Å². The third kappa shape index (κ3) is 7.43. The van der Waals surface area contributed by atoms with E-state index in [0.29, 0.717) is 36.3 Å². The van der Waals surface area contributed by atoms with Crippen LogP contribution in [0.3, 0.4) is 0 Å². The first kappa shape index (κ1) is 24.7. The molecule has 0 radical (unpaired) electrons. The number of hydrogen-bond acceptors (Lipinski definition) is 4. The lowest BCUT2D eigenvalue weighted by molar-refractivity contribution is -0.0496. The van der Waals surface area contributed by atoms with E-state index in [1.807, 2.05) is 6.92 Å². The predicted molar refractivity (Wildman–Crippen MR) is 101 cm³/mol. The van der Waals surface area contributed by atoms with Crippen molar-refractivity contribution in [2.45, 2.75) is 31.3 Å². The Morgan fingerprint density at radius 1 is 1.36 bits per heavy atom. The van der Waals surface area contributed by atoms with Crippen LogP contribution in [0.25, 0.3) is 0 Å². The number of nitrogens with zero attached hydrogens (tertiary/aromatic N) is 2. The minimum absolute atomic E-state index is 0. The molecule has 0 aromatic rings. The average Bonchev–Trinajstić information content (AvgIpc) is 2.51. The van der Waals surface area contributed by atoms with Crippen molar-refractivity contribution in [3.05, 3.63) is 0 Å². The summed E-state index contributed by atoms with van der Waals surface area (Å²) in [4.78, 5) is 4.06. The van der Waals surface area contributed by atoms with Crippen molar-refractivity contribution < 1.29 is 26.3 Å². The van der Waals surface area contributed by atoms with Crippen molar-refractivity contribution in [1.82, 2.24) is 14.9 Å². The summed E-state index contributed by atoms with van der Waals surface area (Å²) in [6.45, 7) is 2.70. The normalized spacial score (nSPS) is 19.2. The highest BCUT2D eigenvalue weighted by molar-refractivity contribution is 14.0. The summed E-state index contributed by atoms with van der Waals surface area (Å²) in [6, 6.07) is 0.0555. The number of halogens is 4. The molecule has 2 N–H and O–H groups in total. The molecule has 0 aromatic heterocycles. The van der Waals surface area contributed by atoms with Crippen molar-refractivity contribution in [3.63, 3.8) is 0 Å². The quantitative estimate of drug-likeness (QED) is 0.326. The van der Waals surface area contributed by atoms with Crippen molar-refractivity contribution in [3.8, 4) is 0 Å². The van der Waals surface area contributed by atoms with E-state index in [1.165, 1.54) is 0 Å². The van der Waals surface area contributed by atoms with Crippen molar-refractivity contribution >= 4 is 40.0 Å². The van der Waals surface area contributed by atoms with Crippen LogP contribution in [0.4, 0.5) is 13.2 Å². The van der Waals surface area contributed by atoms with Gasteiger partial charge >= 0.3 is 15.5 Å². The van der Waals surface area contributed by atoms with E-state index >= 15 is 0 Å². The van der Waals surface area contributed by atoms with Gasteiger partial charge in [-0.15, -0.1) is 24.0 Å². The Balaban J connectivity index is 0.00000576. The summed E-state index contributed by atoms with van der Waals surface area (Å²) in [6.07, 6.45) is 0.736. The van der Waals surface area contributed by atoms with Crippen LogP contribution >= 0.6 is 24.0 Å². The highest BCUT2D eigenvalue weighted by atomic mass is 127. The van der Waals surface area contributed by atoms with Gasteiger partial charge in [0.2, 0.25) is 0 Å². The molecule has 1 saturated heterocycles. The Morgan fingerprint density at radius 2 is 1.92 bits per heavy atom. The Hall–Kier alpha value is -0.340. The second kappa shape index (κ2) is 10.7. The van der Waals surface area contributed by atoms with Crippen LogP contribution in [0.1, 0.15) is 19.8 Å². The van der Waals surface area contributed by atoms with Crippen LogP contribution in [-0.2, 0) is 14.8 Å². The Morgan fingerprint density at radius 3 is 2.36 bits per heavy atom. The minimum atomic E-state index is -5.23. The number of ether oxygens (including phenoxy) is 1. The third-order valence-electron chi connectivity index (χ3n) is 3.79. The number of sulfonamides is 1. The van der Waals surface area contributed by atoms with Gasteiger partial charge in [0, 0.05) is 39.8 Å². The minimum Gasteiger partial charge on any atom is -0.383 e. The number of alkyl halides is 3. The van der Waals surface area contributed by atoms with Crippen LogP contribution in [0.15, 0.2) is 4.99 Å². The van der Waals surface area contributed by atoms with E-state index in [4.69, 9.17) is 4.74 Å². The molecule has 150 valence electrons. The highest BCUT2D eigenvalue weighted by Gasteiger charge is 2.50. The van der Waals surface area contributed by atoms with Crippen LogP contribution in [0, 0.1) is 5.92 Å². The molecule has 1 aliphatic rings. The number of rotatable bonds is 6. The van der Waals surface area contributed by atoms with E-state index in [0.717, 1.165) is 0 Å². The summed E-state index contributed by atoms with van der Waals surface area (Å²) < 4.78 is 65.8. The molecule has 25 heavy (non-hydrogen) atoms. The number of aliphatic imine (C=N–C) groups is 1. The molecular formula is C13H26F3IN4O3S. The van der Waals surface area contributed by atoms with Crippen molar-refractivity contribution in [2.75, 3.05) is 40.4 Å². The predicted octanol–water partition coefficient (Wildman–Crippen LogP) is 1.37.